The summed E-state index contributed by atoms with van der Waals surface area (Å²) in [4.78, 5) is 0. The molecule has 0 nitrogen and oxygen atoms in total. The molecule has 0 radical (unpaired) electrons. The van der Waals surface area contributed by atoms with Gasteiger partial charge in [0.1, 0.15) is 0 Å². The molecule has 0 unspecified atom stereocenters. The normalized spacial score (nSPS) is 10.0. The van der Waals surface area contributed by atoms with Crippen molar-refractivity contribution in [1.29, 1.82) is 0 Å². The monoisotopic (exact) mass is 151 g/mol. The number of hydrogen-bond donors (Lipinski definition) is 0. The van der Waals surface area contributed by atoms with E-state index in [1.54, 1.807) is 0 Å². The van der Waals surface area contributed by atoms with Crippen LogP contribution < -0.4 is 0 Å². The van der Waals surface area contributed by atoms with Gasteiger partial charge in [0.25, 0.3) is 0 Å². The van der Waals surface area contributed by atoms with Crippen LogP contribution in [0.3, 0.4) is 0 Å². The first-order valence-corrected chi connectivity index (χ1v) is 0.873. The third-order valence-electron chi connectivity index (χ3n) is 0. The minimum Gasteiger partial charge on any atom is -0.418 e. The van der Waals surface area contributed by atoms with Gasteiger partial charge < -0.3 is 17.3 Å². The van der Waals surface area contributed by atoms with E-state index < -0.39 is 7.25 Å². The summed E-state index contributed by atoms with van der Waals surface area (Å²) in [5.41, 5.74) is 0. The molecule has 6 heteroatoms. The van der Waals surface area contributed by atoms with Crippen molar-refractivity contribution in [3.63, 3.8) is 0 Å². The minimum atomic E-state index is -6.00. The molecule has 0 aromatic heterocycles. The van der Waals surface area contributed by atoms with Gasteiger partial charge in [-0.3, -0.25) is 0 Å². The van der Waals surface area contributed by atoms with Crippen LogP contribution in [-0.4, -0.2) is 7.25 Å². The third kappa shape index (κ3) is 307. The van der Waals surface area contributed by atoms with Crippen LogP contribution in [0.4, 0.5) is 17.3 Å². The van der Waals surface area contributed by atoms with Gasteiger partial charge >= 0.3 is 7.25 Å². The van der Waals surface area contributed by atoms with E-state index in [1.165, 1.54) is 0 Å². The van der Waals surface area contributed by atoms with E-state index in [1.807, 2.05) is 0 Å². The molecular weight excluding hydrogens is 152 g/mol. The summed E-state index contributed by atoms with van der Waals surface area (Å²) >= 11 is 0. The Kier molecular flexibility index (Phi) is 4.11. The van der Waals surface area contributed by atoms with Crippen LogP contribution in [0.2, 0.25) is 0 Å². The Hall–Kier alpha value is 0.408. The standard InChI is InChI=1S/BF4.Zn/c2-1(3,4)5;/q-1;. The second-order valence-corrected chi connectivity index (χ2v) is 0.495. The summed E-state index contributed by atoms with van der Waals surface area (Å²) in [6.45, 7) is 0. The molecule has 0 spiro atoms. The molecule has 0 N–H and O–H groups in total. The van der Waals surface area contributed by atoms with Crippen LogP contribution >= 0.6 is 0 Å². The largest absolute Gasteiger partial charge is 0.673 e. The molecule has 0 fully saturated rings. The van der Waals surface area contributed by atoms with Crippen molar-refractivity contribution in [2.75, 3.05) is 0 Å². The van der Waals surface area contributed by atoms with Gasteiger partial charge in [0, 0.05) is 19.5 Å². The Morgan fingerprint density at radius 1 is 0.833 bits per heavy atom. The fourth-order valence-corrected chi connectivity index (χ4v) is 0. The van der Waals surface area contributed by atoms with E-state index in [4.69, 9.17) is 0 Å². The van der Waals surface area contributed by atoms with E-state index in [2.05, 4.69) is 0 Å². The molecule has 0 saturated heterocycles. The first-order chi connectivity index (χ1) is 2.00. The molecule has 0 rings (SSSR count). The molecule has 0 amide bonds. The van der Waals surface area contributed by atoms with Crippen LogP contribution in [-0.2, 0) is 19.5 Å². The molecule has 0 aliphatic carbocycles. The first-order valence-electron chi connectivity index (χ1n) is 0.873. The maximum atomic E-state index is 9.75. The molecule has 0 aliphatic heterocycles. The molecule has 0 aromatic rings. The predicted molar refractivity (Wildman–Crippen MR) is 10.2 cm³/mol. The van der Waals surface area contributed by atoms with Gasteiger partial charge in [0.05, 0.1) is 0 Å². The summed E-state index contributed by atoms with van der Waals surface area (Å²) in [6, 6.07) is 0. The maximum absolute atomic E-state index is 9.75. The molecule has 0 saturated carbocycles. The summed E-state index contributed by atoms with van der Waals surface area (Å²) < 4.78 is 39.0. The molecular formula is BF4Zn-. The Morgan fingerprint density at radius 3 is 0.833 bits per heavy atom. The summed E-state index contributed by atoms with van der Waals surface area (Å²) in [6.07, 6.45) is 0. The Morgan fingerprint density at radius 2 is 0.833 bits per heavy atom. The average molecular weight is 152 g/mol. The number of rotatable bonds is 0. The van der Waals surface area contributed by atoms with Gasteiger partial charge in [-0.2, -0.15) is 0 Å². The summed E-state index contributed by atoms with van der Waals surface area (Å²) in [7, 11) is -6.00. The molecule has 0 bridgehead atoms. The third-order valence-corrected chi connectivity index (χ3v) is 0. The van der Waals surface area contributed by atoms with Gasteiger partial charge in [-0.05, 0) is 0 Å². The van der Waals surface area contributed by atoms with Crippen molar-refractivity contribution in [3.05, 3.63) is 0 Å². The van der Waals surface area contributed by atoms with E-state index in [0.29, 0.717) is 0 Å². The Balaban J connectivity index is 0. The number of halogens is 4. The smallest absolute Gasteiger partial charge is 0.418 e. The SMILES string of the molecule is F[B-](F)(F)F.[Zn]. The van der Waals surface area contributed by atoms with Gasteiger partial charge in [0.15, 0.2) is 0 Å². The van der Waals surface area contributed by atoms with Crippen molar-refractivity contribution in [3.8, 4) is 0 Å². The second-order valence-electron chi connectivity index (χ2n) is 0.495. The quantitative estimate of drug-likeness (QED) is 0.362. The van der Waals surface area contributed by atoms with Gasteiger partial charge in [-0.25, -0.2) is 0 Å². The fourth-order valence-electron chi connectivity index (χ4n) is 0. The van der Waals surface area contributed by atoms with Crippen LogP contribution in [0.5, 0.6) is 0 Å². The van der Waals surface area contributed by atoms with Crippen molar-refractivity contribution < 1.29 is 36.7 Å². The van der Waals surface area contributed by atoms with Crippen molar-refractivity contribution in [2.45, 2.75) is 0 Å². The Bertz CT molecular complexity index is 23.0. The zero-order valence-electron chi connectivity index (χ0n) is 2.80. The fraction of sp³-hybridized carbons (Fsp3) is 0. The minimum absolute atomic E-state index is 0. The van der Waals surface area contributed by atoms with Crippen LogP contribution in [0, 0.1) is 0 Å². The Labute approximate surface area is 44.8 Å². The zero-order valence-corrected chi connectivity index (χ0v) is 5.76. The second kappa shape index (κ2) is 2.56. The topological polar surface area (TPSA) is 0 Å². The van der Waals surface area contributed by atoms with Crippen molar-refractivity contribution in [2.24, 2.45) is 0 Å². The van der Waals surface area contributed by atoms with Gasteiger partial charge in [0.2, 0.25) is 0 Å². The first kappa shape index (κ1) is 9.65. The molecule has 0 aliphatic rings. The van der Waals surface area contributed by atoms with Crippen molar-refractivity contribution in [1.82, 2.24) is 0 Å². The average Bonchev–Trinajstić information content (AvgIpc) is 0.722. The number of hydrogen-bond acceptors (Lipinski definition) is 0. The van der Waals surface area contributed by atoms with E-state index in [-0.39, 0.29) is 19.5 Å². The summed E-state index contributed by atoms with van der Waals surface area (Å²) in [5.74, 6) is 0. The molecule has 34 valence electrons. The van der Waals surface area contributed by atoms with Gasteiger partial charge in [-0.15, -0.1) is 0 Å². The van der Waals surface area contributed by atoms with E-state index >= 15 is 0 Å². The van der Waals surface area contributed by atoms with E-state index in [9.17, 15) is 17.3 Å². The summed E-state index contributed by atoms with van der Waals surface area (Å²) in [5, 5.41) is 0. The molecule has 0 atom stereocenters. The van der Waals surface area contributed by atoms with E-state index in [0.717, 1.165) is 0 Å². The van der Waals surface area contributed by atoms with Gasteiger partial charge in [-0.1, -0.05) is 0 Å². The molecule has 6 heavy (non-hydrogen) atoms. The molecule has 0 aromatic carbocycles. The van der Waals surface area contributed by atoms with Crippen LogP contribution in [0.1, 0.15) is 0 Å². The molecule has 0 heterocycles. The zero-order chi connectivity index (χ0) is 4.50. The van der Waals surface area contributed by atoms with Crippen LogP contribution in [0.25, 0.3) is 0 Å². The van der Waals surface area contributed by atoms with Crippen LogP contribution in [0.15, 0.2) is 0 Å². The maximum Gasteiger partial charge on any atom is 0.673 e. The van der Waals surface area contributed by atoms with Crippen molar-refractivity contribution >= 4 is 7.25 Å². The predicted octanol–water partition coefficient (Wildman–Crippen LogP) is 1.30.